The Kier molecular flexibility index (Phi) is 6.83. The minimum absolute atomic E-state index is 0.509. The van der Waals surface area contributed by atoms with Crippen molar-refractivity contribution in [3.05, 3.63) is 28.2 Å². The molecule has 0 amide bonds. The zero-order chi connectivity index (χ0) is 14.4. The molecule has 0 saturated heterocycles. The maximum Gasteiger partial charge on any atom is 0.0375 e. The molecular weight excluding hydrogens is 302 g/mol. The minimum Gasteiger partial charge on any atom is -0.373 e. The lowest BCUT2D eigenvalue weighted by Gasteiger charge is -2.22. The summed E-state index contributed by atoms with van der Waals surface area (Å²) < 4.78 is 1.18. The summed E-state index contributed by atoms with van der Waals surface area (Å²) in [5.74, 6) is 0. The Labute approximate surface area is 126 Å². The Morgan fingerprint density at radius 3 is 2.37 bits per heavy atom. The van der Waals surface area contributed by atoms with Gasteiger partial charge in [0, 0.05) is 42.9 Å². The zero-order valence-corrected chi connectivity index (χ0v) is 14.3. The van der Waals surface area contributed by atoms with E-state index in [1.165, 1.54) is 15.7 Å². The summed E-state index contributed by atoms with van der Waals surface area (Å²) >= 11 is 3.67. The van der Waals surface area contributed by atoms with Crippen molar-refractivity contribution in [2.24, 2.45) is 0 Å². The van der Waals surface area contributed by atoms with E-state index in [0.717, 1.165) is 19.6 Å². The van der Waals surface area contributed by atoms with Gasteiger partial charge in [-0.15, -0.1) is 0 Å². The number of rotatable bonds is 7. The molecule has 1 aromatic rings. The number of nitrogens with one attached hydrogen (secondary N) is 1. The maximum absolute atomic E-state index is 3.67. The summed E-state index contributed by atoms with van der Waals surface area (Å²) in [5, 5.41) is 3.44. The smallest absolute Gasteiger partial charge is 0.0375 e. The molecule has 1 rings (SSSR count). The summed E-state index contributed by atoms with van der Waals surface area (Å²) in [5.41, 5.74) is 2.56. The van der Waals surface area contributed by atoms with E-state index in [1.54, 1.807) is 0 Å². The Morgan fingerprint density at radius 2 is 1.84 bits per heavy atom. The molecule has 0 aromatic heterocycles. The molecule has 0 spiro atoms. The molecule has 1 aromatic carbocycles. The van der Waals surface area contributed by atoms with Crippen LogP contribution in [-0.4, -0.2) is 45.2 Å². The fourth-order valence-electron chi connectivity index (χ4n) is 1.71. The lowest BCUT2D eigenvalue weighted by molar-refractivity contribution is 0.416. The summed E-state index contributed by atoms with van der Waals surface area (Å²) in [6, 6.07) is 7.10. The fourth-order valence-corrected chi connectivity index (χ4v) is 2.22. The van der Waals surface area contributed by atoms with Gasteiger partial charge < -0.3 is 15.1 Å². The summed E-state index contributed by atoms with van der Waals surface area (Å²) in [4.78, 5) is 4.48. The third-order valence-corrected chi connectivity index (χ3v) is 3.80. The number of hydrogen-bond acceptors (Lipinski definition) is 3. The molecule has 0 bridgehead atoms. The predicted molar refractivity (Wildman–Crippen MR) is 87.9 cm³/mol. The molecule has 0 atom stereocenters. The van der Waals surface area contributed by atoms with Gasteiger partial charge in [0.25, 0.3) is 0 Å². The Bertz CT molecular complexity index is 391. The van der Waals surface area contributed by atoms with Crippen molar-refractivity contribution in [3.8, 4) is 0 Å². The lowest BCUT2D eigenvalue weighted by Crippen LogP contribution is -2.28. The van der Waals surface area contributed by atoms with Gasteiger partial charge in [-0.1, -0.05) is 35.8 Å². The molecule has 0 aliphatic rings. The predicted octanol–water partition coefficient (Wildman–Crippen LogP) is 2.94. The Hall–Kier alpha value is -0.580. The first-order valence-corrected chi connectivity index (χ1v) is 7.57. The highest BCUT2D eigenvalue weighted by Gasteiger charge is 2.06. The lowest BCUT2D eigenvalue weighted by atomic mass is 10.2. The highest BCUT2D eigenvalue weighted by Crippen LogP contribution is 2.23. The number of hydrogen-bond donors (Lipinski definition) is 1. The molecule has 3 nitrogen and oxygen atoms in total. The van der Waals surface area contributed by atoms with E-state index in [0.29, 0.717) is 6.04 Å². The maximum atomic E-state index is 3.67. The van der Waals surface area contributed by atoms with Crippen LogP contribution in [0.25, 0.3) is 0 Å². The van der Waals surface area contributed by atoms with Crippen molar-refractivity contribution in [2.75, 3.05) is 39.1 Å². The number of anilines is 1. The van der Waals surface area contributed by atoms with Gasteiger partial charge >= 0.3 is 0 Å². The van der Waals surface area contributed by atoms with Crippen molar-refractivity contribution in [1.29, 1.82) is 0 Å². The molecule has 0 aliphatic carbocycles. The number of nitrogens with zero attached hydrogens (tertiary/aromatic N) is 2. The third-order valence-electron chi connectivity index (χ3n) is 3.06. The molecule has 1 N–H and O–H groups in total. The molecule has 0 heterocycles. The fraction of sp³-hybridized carbons (Fsp3) is 0.600. The van der Waals surface area contributed by atoms with Crippen molar-refractivity contribution >= 4 is 21.6 Å². The van der Waals surface area contributed by atoms with Crippen LogP contribution in [0, 0.1) is 0 Å². The molecule has 108 valence electrons. The standard InChI is InChI=1S/C15H26BrN3/c1-12(2)17-11-13-6-7-14(10-15(13)16)19(5)9-8-18(3)4/h6-7,10,12,17H,8-9,11H2,1-5H3. The second-order valence-electron chi connectivity index (χ2n) is 5.54. The van der Waals surface area contributed by atoms with Crippen molar-refractivity contribution in [2.45, 2.75) is 26.4 Å². The normalized spacial score (nSPS) is 11.4. The largest absolute Gasteiger partial charge is 0.373 e. The molecule has 0 radical (unpaired) electrons. The Balaban J connectivity index is 2.65. The van der Waals surface area contributed by atoms with Crippen LogP contribution in [0.4, 0.5) is 5.69 Å². The third kappa shape index (κ3) is 5.93. The SMILES string of the molecule is CC(C)NCc1ccc(N(C)CCN(C)C)cc1Br. The van der Waals surface area contributed by atoms with Crippen LogP contribution in [0.2, 0.25) is 0 Å². The van der Waals surface area contributed by atoms with Crippen molar-refractivity contribution < 1.29 is 0 Å². The van der Waals surface area contributed by atoms with Crippen LogP contribution in [0.15, 0.2) is 22.7 Å². The summed E-state index contributed by atoms with van der Waals surface area (Å²) in [6.45, 7) is 7.32. The Morgan fingerprint density at radius 1 is 1.16 bits per heavy atom. The van der Waals surface area contributed by atoms with E-state index in [1.807, 2.05) is 0 Å². The van der Waals surface area contributed by atoms with Gasteiger partial charge in [-0.3, -0.25) is 0 Å². The van der Waals surface area contributed by atoms with E-state index in [-0.39, 0.29) is 0 Å². The highest BCUT2D eigenvalue weighted by molar-refractivity contribution is 9.10. The van der Waals surface area contributed by atoms with Crippen LogP contribution in [0.3, 0.4) is 0 Å². The average molecular weight is 328 g/mol. The van der Waals surface area contributed by atoms with Gasteiger partial charge in [-0.05, 0) is 31.8 Å². The summed E-state index contributed by atoms with van der Waals surface area (Å²) in [7, 11) is 6.34. The zero-order valence-electron chi connectivity index (χ0n) is 12.7. The van der Waals surface area contributed by atoms with Gasteiger partial charge in [0.2, 0.25) is 0 Å². The van der Waals surface area contributed by atoms with Crippen LogP contribution in [-0.2, 0) is 6.54 Å². The van der Waals surface area contributed by atoms with Crippen LogP contribution >= 0.6 is 15.9 Å². The minimum atomic E-state index is 0.509. The van der Waals surface area contributed by atoms with E-state index < -0.39 is 0 Å². The van der Waals surface area contributed by atoms with E-state index in [4.69, 9.17) is 0 Å². The average Bonchev–Trinajstić information content (AvgIpc) is 2.34. The van der Waals surface area contributed by atoms with E-state index >= 15 is 0 Å². The first-order chi connectivity index (χ1) is 8.90. The highest BCUT2D eigenvalue weighted by atomic mass is 79.9. The van der Waals surface area contributed by atoms with Gasteiger partial charge in [0.15, 0.2) is 0 Å². The van der Waals surface area contributed by atoms with Crippen LogP contribution in [0.5, 0.6) is 0 Å². The molecule has 0 fully saturated rings. The second-order valence-corrected chi connectivity index (χ2v) is 6.39. The van der Waals surface area contributed by atoms with Gasteiger partial charge in [-0.2, -0.15) is 0 Å². The number of halogens is 1. The molecular formula is C15H26BrN3. The van der Waals surface area contributed by atoms with E-state index in [9.17, 15) is 0 Å². The van der Waals surface area contributed by atoms with Crippen LogP contribution < -0.4 is 10.2 Å². The van der Waals surface area contributed by atoms with E-state index in [2.05, 4.69) is 84.2 Å². The summed E-state index contributed by atoms with van der Waals surface area (Å²) in [6.07, 6.45) is 0. The van der Waals surface area contributed by atoms with Crippen LogP contribution in [0.1, 0.15) is 19.4 Å². The monoisotopic (exact) mass is 327 g/mol. The number of likely N-dealkylation sites (N-methyl/N-ethyl adjacent to an activating group) is 2. The topological polar surface area (TPSA) is 18.5 Å². The van der Waals surface area contributed by atoms with Gasteiger partial charge in [0.1, 0.15) is 0 Å². The first-order valence-electron chi connectivity index (χ1n) is 6.78. The first kappa shape index (κ1) is 16.5. The molecule has 0 aliphatic heterocycles. The van der Waals surface area contributed by atoms with Crippen molar-refractivity contribution in [3.63, 3.8) is 0 Å². The molecule has 0 unspecified atom stereocenters. The number of benzene rings is 1. The van der Waals surface area contributed by atoms with Crippen molar-refractivity contribution in [1.82, 2.24) is 10.2 Å². The second kappa shape index (κ2) is 7.88. The molecule has 0 saturated carbocycles. The van der Waals surface area contributed by atoms with Gasteiger partial charge in [0.05, 0.1) is 0 Å². The molecule has 4 heteroatoms. The van der Waals surface area contributed by atoms with Gasteiger partial charge in [-0.25, -0.2) is 0 Å². The quantitative estimate of drug-likeness (QED) is 0.830. The molecule has 19 heavy (non-hydrogen) atoms.